The van der Waals surface area contributed by atoms with Crippen LogP contribution in [0.15, 0.2) is 14.5 Å². The van der Waals surface area contributed by atoms with Gasteiger partial charge in [0.05, 0.1) is 5.92 Å². The number of hydrogen-bond donors (Lipinski definition) is 2. The SMILES string of the molecule is CCN[C@H]1CN(CCOC(=O)C(C)C)S(=O)(=O)c2sc(S(N)(=O)=O)cc21.Cl. The minimum atomic E-state index is -4.00. The fourth-order valence-corrected chi connectivity index (χ4v) is 6.77. The Morgan fingerprint density at radius 2 is 2.11 bits per heavy atom. The lowest BCUT2D eigenvalue weighted by Gasteiger charge is -2.32. The highest BCUT2D eigenvalue weighted by Crippen LogP contribution is 2.39. The highest BCUT2D eigenvalue weighted by molar-refractivity contribution is 7.94. The Labute approximate surface area is 169 Å². The van der Waals surface area contributed by atoms with Crippen LogP contribution in [0.5, 0.6) is 0 Å². The van der Waals surface area contributed by atoms with Crippen molar-refractivity contribution in [1.29, 1.82) is 0 Å². The van der Waals surface area contributed by atoms with E-state index in [2.05, 4.69) is 5.32 Å². The fourth-order valence-electron chi connectivity index (χ4n) is 2.51. The maximum absolute atomic E-state index is 12.8. The summed E-state index contributed by atoms with van der Waals surface area (Å²) in [5.41, 5.74) is 0.399. The summed E-state index contributed by atoms with van der Waals surface area (Å²) in [6, 6.07) is 0.946. The molecule has 0 unspecified atom stereocenters. The monoisotopic (exact) mass is 461 g/mol. The zero-order valence-electron chi connectivity index (χ0n) is 15.2. The fraction of sp³-hybridized carbons (Fsp3) is 0.643. The molecule has 27 heavy (non-hydrogen) atoms. The molecule has 1 atom stereocenters. The Morgan fingerprint density at radius 3 is 2.63 bits per heavy atom. The molecule has 0 saturated heterocycles. The zero-order chi connectivity index (χ0) is 19.7. The molecule has 156 valence electrons. The number of nitrogens with zero attached hydrogens (tertiary/aromatic N) is 1. The molecular formula is C14H24ClN3O6S3. The molecule has 1 aromatic rings. The number of sulfonamides is 2. The zero-order valence-corrected chi connectivity index (χ0v) is 18.4. The molecule has 0 saturated carbocycles. The van der Waals surface area contributed by atoms with Crippen LogP contribution in [0.2, 0.25) is 0 Å². The Morgan fingerprint density at radius 1 is 1.48 bits per heavy atom. The van der Waals surface area contributed by atoms with E-state index in [4.69, 9.17) is 9.88 Å². The average molecular weight is 462 g/mol. The number of nitrogens with one attached hydrogen (secondary N) is 1. The van der Waals surface area contributed by atoms with Gasteiger partial charge in [-0.2, -0.15) is 4.31 Å². The van der Waals surface area contributed by atoms with E-state index in [-0.39, 0.29) is 52.5 Å². The second kappa shape index (κ2) is 9.16. The quantitative estimate of drug-likeness (QED) is 0.569. The maximum atomic E-state index is 12.8. The third-order valence-electron chi connectivity index (χ3n) is 3.83. The van der Waals surface area contributed by atoms with Gasteiger partial charge in [-0.25, -0.2) is 22.0 Å². The van der Waals surface area contributed by atoms with Crippen LogP contribution >= 0.6 is 23.7 Å². The Balaban J connectivity index is 0.00000364. The third-order valence-corrected chi connectivity index (χ3v) is 8.79. The second-order valence-electron chi connectivity index (χ2n) is 6.15. The largest absolute Gasteiger partial charge is 0.464 e. The molecule has 0 aliphatic carbocycles. The van der Waals surface area contributed by atoms with E-state index in [0.717, 1.165) is 0 Å². The van der Waals surface area contributed by atoms with E-state index in [0.29, 0.717) is 23.4 Å². The first-order chi connectivity index (χ1) is 12.0. The van der Waals surface area contributed by atoms with Gasteiger partial charge in [0.1, 0.15) is 15.0 Å². The van der Waals surface area contributed by atoms with Crippen molar-refractivity contribution in [1.82, 2.24) is 9.62 Å². The van der Waals surface area contributed by atoms with Gasteiger partial charge in [-0.05, 0) is 12.6 Å². The predicted octanol–water partition coefficient (Wildman–Crippen LogP) is 0.671. The van der Waals surface area contributed by atoms with E-state index >= 15 is 0 Å². The Bertz CT molecular complexity index is 882. The first-order valence-electron chi connectivity index (χ1n) is 8.05. The number of halogens is 1. The summed E-state index contributed by atoms with van der Waals surface area (Å²) >= 11 is 0.637. The van der Waals surface area contributed by atoms with Crippen molar-refractivity contribution in [3.63, 3.8) is 0 Å². The van der Waals surface area contributed by atoms with Gasteiger partial charge in [-0.15, -0.1) is 23.7 Å². The molecular weight excluding hydrogens is 438 g/mol. The number of thiophene rings is 1. The van der Waals surface area contributed by atoms with E-state index < -0.39 is 26.0 Å². The van der Waals surface area contributed by atoms with Gasteiger partial charge in [-0.1, -0.05) is 20.8 Å². The second-order valence-corrected chi connectivity index (χ2v) is 11.1. The van der Waals surface area contributed by atoms with E-state index in [9.17, 15) is 21.6 Å². The molecule has 1 aliphatic heterocycles. The van der Waals surface area contributed by atoms with E-state index in [1.165, 1.54) is 10.4 Å². The topological polar surface area (TPSA) is 136 Å². The van der Waals surface area contributed by atoms with E-state index in [1.54, 1.807) is 13.8 Å². The highest BCUT2D eigenvalue weighted by Gasteiger charge is 2.39. The molecule has 3 N–H and O–H groups in total. The molecule has 1 aromatic heterocycles. The maximum Gasteiger partial charge on any atom is 0.308 e. The number of carbonyl (C=O) groups is 1. The Kier molecular flexibility index (Phi) is 8.24. The lowest BCUT2D eigenvalue weighted by molar-refractivity contribution is -0.147. The molecule has 0 amide bonds. The predicted molar refractivity (Wildman–Crippen MR) is 104 cm³/mol. The van der Waals surface area contributed by atoms with Gasteiger partial charge >= 0.3 is 5.97 Å². The molecule has 13 heteroatoms. The number of nitrogens with two attached hydrogens (primary N) is 1. The summed E-state index contributed by atoms with van der Waals surface area (Å²) in [7, 11) is -7.89. The van der Waals surface area contributed by atoms with Gasteiger partial charge < -0.3 is 10.1 Å². The number of carbonyl (C=O) groups excluding carboxylic acids is 1. The van der Waals surface area contributed by atoms with Gasteiger partial charge in [0.25, 0.3) is 10.0 Å². The number of hydrogen-bond acceptors (Lipinski definition) is 8. The summed E-state index contributed by atoms with van der Waals surface area (Å²) in [6.45, 7) is 5.85. The number of ether oxygens (including phenoxy) is 1. The number of likely N-dealkylation sites (N-methyl/N-ethyl adjacent to an activating group) is 1. The number of rotatable bonds is 7. The third kappa shape index (κ3) is 5.40. The molecule has 2 rings (SSSR count). The van der Waals surface area contributed by atoms with Crippen LogP contribution < -0.4 is 10.5 Å². The summed E-state index contributed by atoms with van der Waals surface area (Å²) < 4.78 is 54.9. The van der Waals surface area contributed by atoms with Crippen molar-refractivity contribution >= 4 is 49.8 Å². The molecule has 9 nitrogen and oxygen atoms in total. The van der Waals surface area contributed by atoms with Gasteiger partial charge in [0.2, 0.25) is 10.0 Å². The first-order valence-corrected chi connectivity index (χ1v) is 11.9. The van der Waals surface area contributed by atoms with Crippen molar-refractivity contribution in [2.45, 2.75) is 35.2 Å². The summed E-state index contributed by atoms with van der Waals surface area (Å²) in [4.78, 5) is 11.5. The minimum Gasteiger partial charge on any atom is -0.464 e. The van der Waals surface area contributed by atoms with E-state index in [1.807, 2.05) is 6.92 Å². The van der Waals surface area contributed by atoms with Crippen LogP contribution in [-0.2, 0) is 29.6 Å². The Hall–Kier alpha value is -0.760. The number of primary sulfonamides is 1. The molecule has 0 radical (unpaired) electrons. The highest BCUT2D eigenvalue weighted by atomic mass is 35.5. The van der Waals surface area contributed by atoms with Crippen molar-refractivity contribution < 1.29 is 26.4 Å². The van der Waals surface area contributed by atoms with Crippen molar-refractivity contribution in [2.75, 3.05) is 26.2 Å². The van der Waals surface area contributed by atoms with Crippen LogP contribution in [0.1, 0.15) is 32.4 Å². The van der Waals surface area contributed by atoms with Crippen LogP contribution in [0.25, 0.3) is 0 Å². The van der Waals surface area contributed by atoms with Gasteiger partial charge in [-0.3, -0.25) is 4.79 Å². The number of esters is 1. The average Bonchev–Trinajstić information content (AvgIpc) is 2.98. The van der Waals surface area contributed by atoms with Crippen LogP contribution in [-0.4, -0.2) is 53.4 Å². The minimum absolute atomic E-state index is 0. The van der Waals surface area contributed by atoms with Crippen LogP contribution in [0, 0.1) is 5.92 Å². The van der Waals surface area contributed by atoms with Crippen LogP contribution in [0.4, 0.5) is 0 Å². The molecule has 0 spiro atoms. The van der Waals surface area contributed by atoms with Crippen molar-refractivity contribution in [2.24, 2.45) is 11.1 Å². The summed E-state index contributed by atoms with van der Waals surface area (Å²) in [6.07, 6.45) is 0. The summed E-state index contributed by atoms with van der Waals surface area (Å²) in [5, 5.41) is 8.30. The summed E-state index contributed by atoms with van der Waals surface area (Å²) in [5.74, 6) is -0.709. The lowest BCUT2D eigenvalue weighted by Crippen LogP contribution is -2.44. The molecule has 0 fully saturated rings. The van der Waals surface area contributed by atoms with Crippen LogP contribution in [0.3, 0.4) is 0 Å². The lowest BCUT2D eigenvalue weighted by atomic mass is 10.1. The first kappa shape index (κ1) is 24.3. The molecule has 0 bridgehead atoms. The smallest absolute Gasteiger partial charge is 0.308 e. The van der Waals surface area contributed by atoms with Crippen molar-refractivity contribution in [3.8, 4) is 0 Å². The standard InChI is InChI=1S/C14H23N3O6S3.ClH/c1-4-16-11-8-17(5-6-23-13(18)9(2)3)26(21,22)14-10(11)7-12(24-14)25(15,19)20;/h7,9,11,16H,4-6,8H2,1-3H3,(H2,15,19,20);1H/t11-;/m0./s1. The number of fused-ring (bicyclic) bond motifs is 1. The molecule has 2 heterocycles. The van der Waals surface area contributed by atoms with Gasteiger partial charge in [0, 0.05) is 24.7 Å². The molecule has 0 aromatic carbocycles. The van der Waals surface area contributed by atoms with Crippen molar-refractivity contribution in [3.05, 3.63) is 11.6 Å². The van der Waals surface area contributed by atoms with Gasteiger partial charge in [0.15, 0.2) is 0 Å². The molecule has 1 aliphatic rings. The normalized spacial score (nSPS) is 19.4.